The van der Waals surface area contributed by atoms with E-state index in [2.05, 4.69) is 17.5 Å². The number of halogens is 3. The Balaban J connectivity index is 2.69. The van der Waals surface area contributed by atoms with Crippen LogP contribution in [0.15, 0.2) is 12.6 Å². The fourth-order valence-electron chi connectivity index (χ4n) is 1.99. The summed E-state index contributed by atoms with van der Waals surface area (Å²) in [4.78, 5) is 15.3. The first-order chi connectivity index (χ1) is 9.61. The molecule has 1 amide bonds. The number of primary amides is 1. The molecule has 0 spiro atoms. The predicted octanol–water partition coefficient (Wildman–Crippen LogP) is 1.77. The van der Waals surface area contributed by atoms with Crippen LogP contribution in [0.2, 0.25) is 0 Å². The lowest BCUT2D eigenvalue weighted by molar-refractivity contribution is -0.123. The highest BCUT2D eigenvalue weighted by atomic mass is 19.4. The molecule has 0 fully saturated rings. The van der Waals surface area contributed by atoms with Crippen LogP contribution in [0.25, 0.3) is 5.57 Å². The predicted molar refractivity (Wildman–Crippen MR) is 69.3 cm³/mol. The van der Waals surface area contributed by atoms with Gasteiger partial charge in [-0.15, -0.1) is 6.42 Å². The number of pyridine rings is 1. The highest BCUT2D eigenvalue weighted by molar-refractivity contribution is 5.89. The zero-order valence-corrected chi connectivity index (χ0v) is 11.0. The molecule has 2 rings (SSSR count). The Kier molecular flexibility index (Phi) is 3.21. The van der Waals surface area contributed by atoms with Crippen molar-refractivity contribution in [2.75, 3.05) is 6.61 Å². The number of aromatic nitrogens is 1. The third-order valence-corrected chi connectivity index (χ3v) is 3.40. The maximum atomic E-state index is 12.8. The van der Waals surface area contributed by atoms with Crippen molar-refractivity contribution in [3.63, 3.8) is 0 Å². The molecule has 0 aliphatic carbocycles. The lowest BCUT2D eigenvalue weighted by Gasteiger charge is -2.19. The number of carbonyl (C=O) groups is 1. The third kappa shape index (κ3) is 2.23. The molecule has 0 bridgehead atoms. The van der Waals surface area contributed by atoms with Crippen molar-refractivity contribution in [1.82, 2.24) is 4.98 Å². The summed E-state index contributed by atoms with van der Waals surface area (Å²) < 4.78 is 43.6. The molecule has 0 radical (unpaired) electrons. The number of carbonyl (C=O) groups excluding carboxylic acids is 1. The molecule has 2 N–H and O–H groups in total. The van der Waals surface area contributed by atoms with E-state index in [9.17, 15) is 18.0 Å². The van der Waals surface area contributed by atoms with E-state index in [-0.39, 0.29) is 23.6 Å². The van der Waals surface area contributed by atoms with Crippen molar-refractivity contribution >= 4 is 11.5 Å². The highest BCUT2D eigenvalue weighted by Crippen LogP contribution is 2.42. The van der Waals surface area contributed by atoms with Crippen molar-refractivity contribution in [3.8, 4) is 18.1 Å². The molecule has 4 nitrogen and oxygen atoms in total. The number of alkyl halides is 3. The molecule has 110 valence electrons. The number of hydrogen-bond donors (Lipinski definition) is 1. The Morgan fingerprint density at radius 2 is 2.24 bits per heavy atom. The lowest BCUT2D eigenvalue weighted by Crippen LogP contribution is -2.39. The van der Waals surface area contributed by atoms with Gasteiger partial charge in [-0.3, -0.25) is 4.79 Å². The molecule has 1 aromatic heterocycles. The summed E-state index contributed by atoms with van der Waals surface area (Å²) in [6, 6.07) is 1.10. The van der Waals surface area contributed by atoms with E-state index >= 15 is 0 Å². The maximum Gasteiger partial charge on any atom is 0.417 e. The number of allylic oxidation sites excluding steroid dienone is 1. The van der Waals surface area contributed by atoms with Crippen LogP contribution in [0, 0.1) is 12.3 Å². The average Bonchev–Trinajstić information content (AvgIpc) is 2.75. The second kappa shape index (κ2) is 4.52. The van der Waals surface area contributed by atoms with Crippen LogP contribution in [-0.2, 0) is 10.2 Å². The molecule has 1 aliphatic rings. The number of amides is 1. The summed E-state index contributed by atoms with van der Waals surface area (Å²) in [7, 11) is 0. The van der Waals surface area contributed by atoms with Gasteiger partial charge in [-0.25, -0.2) is 4.98 Å². The van der Waals surface area contributed by atoms with Crippen molar-refractivity contribution in [1.29, 1.82) is 0 Å². The monoisotopic (exact) mass is 296 g/mol. The molecule has 1 atom stereocenters. The Labute approximate surface area is 118 Å². The summed E-state index contributed by atoms with van der Waals surface area (Å²) in [6.45, 7) is 4.35. The quantitative estimate of drug-likeness (QED) is 0.846. The second-order valence-electron chi connectivity index (χ2n) is 4.84. The SMILES string of the molecule is C#Cc1nc(C(=C)C(F)(F)F)cc2c1OC[C@]2(C)C(N)=O. The Morgan fingerprint density at radius 1 is 1.62 bits per heavy atom. The molecule has 0 saturated carbocycles. The van der Waals surface area contributed by atoms with Gasteiger partial charge in [-0.1, -0.05) is 6.58 Å². The van der Waals surface area contributed by atoms with Crippen LogP contribution >= 0.6 is 0 Å². The first-order valence-electron chi connectivity index (χ1n) is 5.82. The van der Waals surface area contributed by atoms with Crippen LogP contribution in [0.3, 0.4) is 0 Å². The van der Waals surface area contributed by atoms with Gasteiger partial charge in [0.25, 0.3) is 0 Å². The van der Waals surface area contributed by atoms with Crippen LogP contribution in [0.4, 0.5) is 13.2 Å². The minimum Gasteiger partial charge on any atom is -0.489 e. The zero-order valence-electron chi connectivity index (χ0n) is 11.0. The minimum absolute atomic E-state index is 0.101. The molecule has 7 heteroatoms. The Hall–Kier alpha value is -2.49. The molecule has 1 aromatic rings. The minimum atomic E-state index is -4.66. The smallest absolute Gasteiger partial charge is 0.417 e. The van der Waals surface area contributed by atoms with E-state index in [1.54, 1.807) is 0 Å². The molecular formula is C14H11F3N2O2. The first-order valence-corrected chi connectivity index (χ1v) is 5.82. The fourth-order valence-corrected chi connectivity index (χ4v) is 1.99. The van der Waals surface area contributed by atoms with E-state index in [0.717, 1.165) is 6.07 Å². The topological polar surface area (TPSA) is 65.2 Å². The largest absolute Gasteiger partial charge is 0.489 e. The van der Waals surface area contributed by atoms with Crippen molar-refractivity contribution < 1.29 is 22.7 Å². The molecule has 0 unspecified atom stereocenters. The van der Waals surface area contributed by atoms with Gasteiger partial charge in [-0.2, -0.15) is 13.2 Å². The number of nitrogens with zero attached hydrogens (tertiary/aromatic N) is 1. The van der Waals surface area contributed by atoms with Crippen LogP contribution in [-0.4, -0.2) is 23.7 Å². The van der Waals surface area contributed by atoms with E-state index in [4.69, 9.17) is 16.9 Å². The van der Waals surface area contributed by atoms with Crippen molar-refractivity contribution in [2.45, 2.75) is 18.5 Å². The van der Waals surface area contributed by atoms with E-state index in [1.165, 1.54) is 6.92 Å². The molecule has 1 aliphatic heterocycles. The lowest BCUT2D eigenvalue weighted by atomic mass is 9.83. The summed E-state index contributed by atoms with van der Waals surface area (Å²) >= 11 is 0. The highest BCUT2D eigenvalue weighted by Gasteiger charge is 2.44. The molecule has 21 heavy (non-hydrogen) atoms. The number of ether oxygens (including phenoxy) is 1. The van der Waals surface area contributed by atoms with Gasteiger partial charge in [0.05, 0.1) is 11.3 Å². The molecular weight excluding hydrogens is 285 g/mol. The molecule has 2 heterocycles. The Bertz CT molecular complexity index is 689. The van der Waals surface area contributed by atoms with E-state index in [0.29, 0.717) is 0 Å². The number of fused-ring (bicyclic) bond motifs is 1. The standard InChI is InChI=1S/C14H11F3N2O2/c1-4-9-11-8(13(3,6-21-11)12(18)20)5-10(19-9)7(2)14(15,16)17/h1,5H,2,6H2,3H3,(H2,18,20)/t13-/m0/s1. The maximum absolute atomic E-state index is 12.8. The summed E-state index contributed by atoms with van der Waals surface area (Å²) in [5.41, 5.74) is 2.53. The van der Waals surface area contributed by atoms with E-state index in [1.807, 2.05) is 0 Å². The number of hydrogen-bond acceptors (Lipinski definition) is 3. The van der Waals surface area contributed by atoms with Gasteiger partial charge < -0.3 is 10.5 Å². The number of terminal acetylenes is 1. The summed E-state index contributed by atoms with van der Waals surface area (Å²) in [5, 5.41) is 0. The third-order valence-electron chi connectivity index (χ3n) is 3.40. The second-order valence-corrected chi connectivity index (χ2v) is 4.84. The molecule has 0 saturated heterocycles. The first kappa shape index (κ1) is 14.9. The molecule has 0 aromatic carbocycles. The normalized spacial score (nSPS) is 20.3. The average molecular weight is 296 g/mol. The van der Waals surface area contributed by atoms with Gasteiger partial charge in [0.2, 0.25) is 5.91 Å². The zero-order chi connectivity index (χ0) is 16.0. The van der Waals surface area contributed by atoms with E-state index < -0.39 is 28.8 Å². The van der Waals surface area contributed by atoms with Gasteiger partial charge in [0.15, 0.2) is 11.4 Å². The van der Waals surface area contributed by atoms with Crippen LogP contribution in [0.1, 0.15) is 23.9 Å². The number of nitrogens with two attached hydrogens (primary N) is 1. The van der Waals surface area contributed by atoms with Crippen LogP contribution in [0.5, 0.6) is 5.75 Å². The van der Waals surface area contributed by atoms with Crippen molar-refractivity contribution in [3.05, 3.63) is 29.6 Å². The fraction of sp³-hybridized carbons (Fsp3) is 0.286. The number of rotatable bonds is 2. The van der Waals surface area contributed by atoms with Gasteiger partial charge in [0.1, 0.15) is 12.0 Å². The van der Waals surface area contributed by atoms with Gasteiger partial charge >= 0.3 is 6.18 Å². The van der Waals surface area contributed by atoms with Gasteiger partial charge in [-0.05, 0) is 18.9 Å². The summed E-state index contributed by atoms with van der Waals surface area (Å²) in [6.07, 6.45) is 0.589. The van der Waals surface area contributed by atoms with Gasteiger partial charge in [0, 0.05) is 5.56 Å². The summed E-state index contributed by atoms with van der Waals surface area (Å²) in [5.74, 6) is 1.54. The van der Waals surface area contributed by atoms with Crippen molar-refractivity contribution in [2.24, 2.45) is 5.73 Å². The van der Waals surface area contributed by atoms with Crippen LogP contribution < -0.4 is 10.5 Å². The Morgan fingerprint density at radius 3 is 2.71 bits per heavy atom.